The van der Waals surface area contributed by atoms with Gasteiger partial charge in [0.2, 0.25) is 6.71 Å². The van der Waals surface area contributed by atoms with Gasteiger partial charge in [0.15, 0.2) is 8.07 Å². The van der Waals surface area contributed by atoms with Crippen molar-refractivity contribution >= 4 is 69.0 Å². The van der Waals surface area contributed by atoms with E-state index in [1.165, 1.54) is 76.5 Å². The molecule has 0 amide bonds. The first kappa shape index (κ1) is 28.8. The van der Waals surface area contributed by atoms with Crippen LogP contribution >= 0.6 is 0 Å². The van der Waals surface area contributed by atoms with Gasteiger partial charge < -0.3 is 4.90 Å². The van der Waals surface area contributed by atoms with Gasteiger partial charge in [-0.05, 0) is 70.0 Å². The fraction of sp³-hybridized carbons (Fsp3) is 0.0667. The minimum atomic E-state index is -2.61. The van der Waals surface area contributed by atoms with Gasteiger partial charge >= 0.3 is 0 Å². The molecule has 0 spiro atoms. The summed E-state index contributed by atoms with van der Waals surface area (Å²) in [6.45, 7) is 4.79. The van der Waals surface area contributed by atoms with E-state index >= 15 is 0 Å². The zero-order chi connectivity index (χ0) is 32.2. The summed E-state index contributed by atoms with van der Waals surface area (Å²) >= 11 is 0. The Morgan fingerprint density at radius 1 is 0.479 bits per heavy atom. The summed E-state index contributed by atoms with van der Waals surface area (Å²) < 4.78 is 0. The van der Waals surface area contributed by atoms with Gasteiger partial charge in [-0.2, -0.15) is 0 Å². The number of para-hydroxylation sites is 2. The van der Waals surface area contributed by atoms with Crippen LogP contribution in [-0.2, 0) is 6.42 Å². The van der Waals surface area contributed by atoms with Gasteiger partial charge in [0.25, 0.3) is 0 Å². The predicted molar refractivity (Wildman–Crippen MR) is 208 cm³/mol. The molecule has 2 aliphatic heterocycles. The third-order valence-corrected chi connectivity index (χ3v) is 15.7. The first-order chi connectivity index (χ1) is 23.7. The van der Waals surface area contributed by atoms with E-state index in [4.69, 9.17) is 0 Å². The van der Waals surface area contributed by atoms with Crippen molar-refractivity contribution in [3.63, 3.8) is 0 Å². The summed E-state index contributed by atoms with van der Waals surface area (Å²) in [7, 11) is -2.61. The molecule has 3 heteroatoms. The Kier molecular flexibility index (Phi) is 6.84. The van der Waals surface area contributed by atoms with E-state index < -0.39 is 8.07 Å². The van der Waals surface area contributed by atoms with Crippen LogP contribution in [0.3, 0.4) is 0 Å². The number of aryl methyl sites for hydroxylation is 2. The van der Waals surface area contributed by atoms with E-state index in [1.54, 1.807) is 0 Å². The molecule has 0 radical (unpaired) electrons. The minimum absolute atomic E-state index is 0.139. The molecule has 7 aromatic rings. The quantitative estimate of drug-likeness (QED) is 0.220. The van der Waals surface area contributed by atoms with E-state index in [0.29, 0.717) is 0 Å². The van der Waals surface area contributed by atoms with Crippen LogP contribution in [0, 0.1) is 13.8 Å². The van der Waals surface area contributed by atoms with E-state index in [9.17, 15) is 0 Å². The monoisotopic (exact) mass is 629 g/mol. The van der Waals surface area contributed by atoms with Crippen LogP contribution < -0.4 is 42.0 Å². The first-order valence-electron chi connectivity index (χ1n) is 17.0. The van der Waals surface area contributed by atoms with Crippen molar-refractivity contribution in [3.8, 4) is 0 Å². The lowest BCUT2D eigenvalue weighted by atomic mass is 9.35. The molecule has 0 aromatic heterocycles. The summed E-state index contributed by atoms with van der Waals surface area (Å²) in [4.78, 5) is 2.48. The molecular formula is C45H36BNSi. The second kappa shape index (κ2) is 11.4. The lowest BCUT2D eigenvalue weighted by Gasteiger charge is -2.43. The maximum atomic E-state index is 2.48. The Morgan fingerprint density at radius 2 is 0.896 bits per heavy atom. The van der Waals surface area contributed by atoms with E-state index in [2.05, 4.69) is 189 Å². The van der Waals surface area contributed by atoms with Crippen molar-refractivity contribution in [1.82, 2.24) is 0 Å². The highest BCUT2D eigenvalue weighted by Gasteiger charge is 2.50. The number of anilines is 3. The SMILES string of the molecule is Cc1cc(N2c3ccccc3Cc3ccccc32)cc(C)c1B1c2ccccc2[Si](c2ccccc2)(c2ccccc2)c2ccccc21. The van der Waals surface area contributed by atoms with Crippen molar-refractivity contribution in [2.75, 3.05) is 4.90 Å². The van der Waals surface area contributed by atoms with Crippen LogP contribution in [0.15, 0.2) is 170 Å². The second-order valence-electron chi connectivity index (χ2n) is 13.4. The fourth-order valence-electron chi connectivity index (χ4n) is 8.88. The summed E-state index contributed by atoms with van der Waals surface area (Å²) in [6.07, 6.45) is 0.961. The lowest BCUT2D eigenvalue weighted by Crippen LogP contribution is -2.86. The highest BCUT2D eigenvalue weighted by molar-refractivity contribution is 7.26. The Bertz CT molecular complexity index is 2160. The van der Waals surface area contributed by atoms with Crippen molar-refractivity contribution in [3.05, 3.63) is 192 Å². The third kappa shape index (κ3) is 4.24. The van der Waals surface area contributed by atoms with Crippen molar-refractivity contribution in [2.24, 2.45) is 0 Å². The molecule has 0 saturated carbocycles. The van der Waals surface area contributed by atoms with Gasteiger partial charge in [-0.1, -0.05) is 173 Å². The molecule has 48 heavy (non-hydrogen) atoms. The van der Waals surface area contributed by atoms with Crippen LogP contribution in [0.4, 0.5) is 17.1 Å². The van der Waals surface area contributed by atoms with E-state index in [1.807, 2.05) is 0 Å². The average Bonchev–Trinajstić information content (AvgIpc) is 3.14. The van der Waals surface area contributed by atoms with Gasteiger partial charge in [-0.25, -0.2) is 0 Å². The molecule has 0 atom stereocenters. The molecule has 0 fully saturated rings. The number of fused-ring (bicyclic) bond motifs is 4. The van der Waals surface area contributed by atoms with Crippen molar-refractivity contribution < 1.29 is 0 Å². The Morgan fingerprint density at radius 3 is 1.40 bits per heavy atom. The molecule has 0 N–H and O–H groups in total. The highest BCUT2D eigenvalue weighted by atomic mass is 28.3. The molecule has 1 nitrogen and oxygen atoms in total. The van der Waals surface area contributed by atoms with Gasteiger partial charge in [-0.3, -0.25) is 0 Å². The number of rotatable bonds is 4. The molecule has 2 heterocycles. The Hall–Kier alpha value is -5.38. The maximum absolute atomic E-state index is 2.61. The molecule has 7 aromatic carbocycles. The zero-order valence-corrected chi connectivity index (χ0v) is 28.4. The largest absolute Gasteiger partial charge is 0.310 e. The molecule has 0 aliphatic carbocycles. The lowest BCUT2D eigenvalue weighted by molar-refractivity contribution is 1.09. The number of benzene rings is 7. The molecule has 0 unspecified atom stereocenters. The predicted octanol–water partition coefficient (Wildman–Crippen LogP) is 5.88. The summed E-state index contributed by atoms with van der Waals surface area (Å²) in [5.41, 5.74) is 13.5. The smallest absolute Gasteiger partial charge is 0.241 e. The third-order valence-electron chi connectivity index (χ3n) is 10.7. The van der Waals surface area contributed by atoms with Gasteiger partial charge in [-0.15, -0.1) is 0 Å². The molecule has 0 bridgehead atoms. The van der Waals surface area contributed by atoms with Crippen LogP contribution in [0.1, 0.15) is 22.3 Å². The second-order valence-corrected chi connectivity index (χ2v) is 17.1. The van der Waals surface area contributed by atoms with Crippen LogP contribution in [0.25, 0.3) is 0 Å². The first-order valence-corrected chi connectivity index (χ1v) is 19.0. The number of nitrogens with zero attached hydrogens (tertiary/aromatic N) is 1. The number of hydrogen-bond acceptors (Lipinski definition) is 1. The maximum Gasteiger partial charge on any atom is 0.241 e. The molecule has 228 valence electrons. The van der Waals surface area contributed by atoms with Crippen molar-refractivity contribution in [2.45, 2.75) is 20.3 Å². The fourth-order valence-corrected chi connectivity index (χ4v) is 14.1. The summed E-state index contributed by atoms with van der Waals surface area (Å²) in [5, 5.41) is 5.85. The van der Waals surface area contributed by atoms with Crippen molar-refractivity contribution in [1.29, 1.82) is 0 Å². The van der Waals surface area contributed by atoms with Gasteiger partial charge in [0, 0.05) is 23.5 Å². The summed E-state index contributed by atoms with van der Waals surface area (Å²) in [6, 6.07) is 63.9. The van der Waals surface area contributed by atoms with Gasteiger partial charge in [0.05, 0.1) is 0 Å². The Balaban J connectivity index is 1.28. The van der Waals surface area contributed by atoms with Crippen LogP contribution in [-0.4, -0.2) is 14.8 Å². The van der Waals surface area contributed by atoms with E-state index in [-0.39, 0.29) is 6.71 Å². The van der Waals surface area contributed by atoms with Gasteiger partial charge in [0.1, 0.15) is 0 Å². The highest BCUT2D eigenvalue weighted by Crippen LogP contribution is 2.43. The molecule has 2 aliphatic rings. The van der Waals surface area contributed by atoms with E-state index in [0.717, 1.165) is 6.42 Å². The molecular weight excluding hydrogens is 593 g/mol. The normalized spacial score (nSPS) is 14.0. The zero-order valence-electron chi connectivity index (χ0n) is 27.4. The molecule has 0 saturated heterocycles. The molecule has 9 rings (SSSR count). The standard InChI is InChI=1S/C45H36BNSi/c1-32-29-36(47-41-25-13-9-17-34(41)31-35-18-10-14-26-42(35)47)30-33(2)45(32)46-39-23-11-15-27-43(39)48(37-19-5-3-6-20-37,38-21-7-4-8-22-38)44-28-16-12-24-40(44)46/h3-30H,31H2,1-2H3. The van der Waals surface area contributed by atoms with Crippen LogP contribution in [0.5, 0.6) is 0 Å². The van der Waals surface area contributed by atoms with Crippen LogP contribution in [0.2, 0.25) is 0 Å². The minimum Gasteiger partial charge on any atom is -0.310 e. The summed E-state index contributed by atoms with van der Waals surface area (Å²) in [5.74, 6) is 0. The Labute approximate surface area is 285 Å². The number of hydrogen-bond donors (Lipinski definition) is 0. The average molecular weight is 630 g/mol. The topological polar surface area (TPSA) is 3.24 Å².